The first kappa shape index (κ1) is 18.2. The molecule has 3 nitrogen and oxygen atoms in total. The van der Waals surface area contributed by atoms with Gasteiger partial charge in [0.2, 0.25) is 0 Å². The first-order valence-electron chi connectivity index (χ1n) is 8.17. The van der Waals surface area contributed by atoms with Gasteiger partial charge in [0, 0.05) is 10.6 Å². The summed E-state index contributed by atoms with van der Waals surface area (Å²) >= 11 is 18.1. The van der Waals surface area contributed by atoms with Crippen molar-refractivity contribution in [3.05, 3.63) is 80.8 Å². The minimum absolute atomic E-state index is 0.222. The van der Waals surface area contributed by atoms with Crippen LogP contribution in [0.3, 0.4) is 0 Å². The van der Waals surface area contributed by atoms with E-state index in [4.69, 9.17) is 34.8 Å². The predicted octanol–water partition coefficient (Wildman–Crippen LogP) is 6.18. The molecule has 0 radical (unpaired) electrons. The Hall–Kier alpha value is -2.14. The Morgan fingerprint density at radius 1 is 1.11 bits per heavy atom. The molecule has 0 bridgehead atoms. The van der Waals surface area contributed by atoms with Crippen molar-refractivity contribution in [3.8, 4) is 5.69 Å². The van der Waals surface area contributed by atoms with Crippen molar-refractivity contribution in [2.45, 2.75) is 12.8 Å². The maximum atomic E-state index is 13.2. The quantitative estimate of drug-likeness (QED) is 0.473. The molecule has 1 aromatic heterocycles. The van der Waals surface area contributed by atoms with E-state index >= 15 is 0 Å². The molecule has 2 aromatic carbocycles. The normalized spacial score (nSPS) is 14.6. The molecule has 1 aliphatic carbocycles. The van der Waals surface area contributed by atoms with Crippen LogP contribution in [0.25, 0.3) is 17.3 Å². The van der Waals surface area contributed by atoms with Crippen LogP contribution in [0.2, 0.25) is 10.0 Å². The zero-order valence-electron chi connectivity index (χ0n) is 13.8. The lowest BCUT2D eigenvalue weighted by molar-refractivity contribution is 0.107. The summed E-state index contributed by atoms with van der Waals surface area (Å²) in [5, 5.41) is 4.71. The lowest BCUT2D eigenvalue weighted by Crippen LogP contribution is -2.03. The molecular weight excluding hydrogens is 410 g/mol. The molecule has 0 saturated carbocycles. The number of carbonyl (C=O) groups excluding carboxylic acids is 1. The second kappa shape index (κ2) is 7.12. The van der Waals surface area contributed by atoms with E-state index in [2.05, 4.69) is 5.10 Å². The zero-order chi connectivity index (χ0) is 19.1. The first-order chi connectivity index (χ1) is 12.9. The highest BCUT2D eigenvalue weighted by Gasteiger charge is 2.30. The van der Waals surface area contributed by atoms with Gasteiger partial charge in [0.25, 0.3) is 5.24 Å². The number of rotatable bonds is 3. The van der Waals surface area contributed by atoms with Crippen molar-refractivity contribution in [1.82, 2.24) is 9.78 Å². The summed E-state index contributed by atoms with van der Waals surface area (Å²) in [5.74, 6) is -0.294. The fraction of sp³-hybridized carbons (Fsp3) is 0.100. The van der Waals surface area contributed by atoms with Crippen LogP contribution in [0.4, 0.5) is 4.39 Å². The summed E-state index contributed by atoms with van der Waals surface area (Å²) in [7, 11) is 0. The van der Waals surface area contributed by atoms with Gasteiger partial charge in [-0.15, -0.1) is 0 Å². The van der Waals surface area contributed by atoms with Crippen LogP contribution in [0.5, 0.6) is 0 Å². The third-order valence-electron chi connectivity index (χ3n) is 4.47. The van der Waals surface area contributed by atoms with Crippen LogP contribution >= 0.6 is 34.8 Å². The van der Waals surface area contributed by atoms with Gasteiger partial charge >= 0.3 is 0 Å². The largest absolute Gasteiger partial charge is 0.274 e. The Morgan fingerprint density at radius 3 is 2.52 bits per heavy atom. The summed E-state index contributed by atoms with van der Waals surface area (Å²) in [5.41, 5.74) is 4.22. The van der Waals surface area contributed by atoms with Crippen molar-refractivity contribution in [3.63, 3.8) is 0 Å². The molecule has 1 aliphatic rings. The predicted molar refractivity (Wildman–Crippen MR) is 106 cm³/mol. The molecular formula is C20H12Cl3FN2O. The minimum Gasteiger partial charge on any atom is -0.274 e. The van der Waals surface area contributed by atoms with Crippen LogP contribution in [0.1, 0.15) is 33.7 Å². The second-order valence-electron chi connectivity index (χ2n) is 6.18. The monoisotopic (exact) mass is 420 g/mol. The maximum absolute atomic E-state index is 13.2. The van der Waals surface area contributed by atoms with Crippen LogP contribution in [0.15, 0.2) is 42.5 Å². The molecule has 0 fully saturated rings. The highest BCUT2D eigenvalue weighted by atomic mass is 35.5. The molecule has 0 aliphatic heterocycles. The average molecular weight is 422 g/mol. The van der Waals surface area contributed by atoms with E-state index in [9.17, 15) is 9.18 Å². The highest BCUT2D eigenvalue weighted by Crippen LogP contribution is 2.39. The fourth-order valence-corrected chi connectivity index (χ4v) is 3.92. The Kier molecular flexibility index (Phi) is 4.81. The van der Waals surface area contributed by atoms with Crippen molar-refractivity contribution in [2.24, 2.45) is 0 Å². The number of carbonyl (C=O) groups is 1. The summed E-state index contributed by atoms with van der Waals surface area (Å²) in [6.07, 6.45) is 3.31. The number of aromatic nitrogens is 2. The lowest BCUT2D eigenvalue weighted by Gasteiger charge is -2.10. The van der Waals surface area contributed by atoms with E-state index < -0.39 is 5.24 Å². The van der Waals surface area contributed by atoms with Crippen molar-refractivity contribution < 1.29 is 9.18 Å². The van der Waals surface area contributed by atoms with Gasteiger partial charge < -0.3 is 0 Å². The van der Waals surface area contributed by atoms with E-state index in [1.54, 1.807) is 35.0 Å². The molecule has 0 atom stereocenters. The molecule has 27 heavy (non-hydrogen) atoms. The van der Waals surface area contributed by atoms with Gasteiger partial charge in [-0.1, -0.05) is 35.3 Å². The molecule has 7 heteroatoms. The Bertz CT molecular complexity index is 1090. The molecule has 0 saturated heterocycles. The third kappa shape index (κ3) is 3.41. The van der Waals surface area contributed by atoms with Crippen molar-refractivity contribution in [2.75, 3.05) is 0 Å². The Balaban J connectivity index is 1.90. The van der Waals surface area contributed by atoms with Gasteiger partial charge in [0.05, 0.1) is 16.4 Å². The van der Waals surface area contributed by atoms with Gasteiger partial charge in [0.15, 0.2) is 0 Å². The minimum atomic E-state index is -0.613. The van der Waals surface area contributed by atoms with E-state index in [0.29, 0.717) is 28.6 Å². The van der Waals surface area contributed by atoms with E-state index in [0.717, 1.165) is 22.4 Å². The summed E-state index contributed by atoms with van der Waals surface area (Å²) in [6, 6.07) is 11.3. The van der Waals surface area contributed by atoms with Gasteiger partial charge in [0.1, 0.15) is 11.5 Å². The highest BCUT2D eigenvalue weighted by molar-refractivity contribution is 6.67. The van der Waals surface area contributed by atoms with Crippen molar-refractivity contribution >= 4 is 51.7 Å². The van der Waals surface area contributed by atoms with E-state index in [1.807, 2.05) is 6.08 Å². The molecule has 4 rings (SSSR count). The Labute approximate surface area is 170 Å². The molecule has 136 valence electrons. The summed E-state index contributed by atoms with van der Waals surface area (Å²) in [4.78, 5) is 11.9. The number of halogens is 4. The van der Waals surface area contributed by atoms with Gasteiger partial charge in [-0.05, 0) is 72.0 Å². The topological polar surface area (TPSA) is 34.9 Å². The average Bonchev–Trinajstić information content (AvgIpc) is 3.18. The SMILES string of the molecule is O=C(Cl)c1nn(-c2ccc(Cl)cc2Cl)c2c1CCC2=Cc1ccc(F)cc1. The van der Waals surface area contributed by atoms with Gasteiger partial charge in [-0.3, -0.25) is 4.79 Å². The number of fused-ring (bicyclic) bond motifs is 1. The first-order valence-corrected chi connectivity index (χ1v) is 9.31. The summed E-state index contributed by atoms with van der Waals surface area (Å²) < 4.78 is 14.8. The maximum Gasteiger partial charge on any atom is 0.273 e. The summed E-state index contributed by atoms with van der Waals surface area (Å²) in [6.45, 7) is 0. The van der Waals surface area contributed by atoms with E-state index in [-0.39, 0.29) is 11.5 Å². The van der Waals surface area contributed by atoms with Gasteiger partial charge in [-0.2, -0.15) is 5.10 Å². The lowest BCUT2D eigenvalue weighted by atomic mass is 10.1. The molecule has 1 heterocycles. The smallest absolute Gasteiger partial charge is 0.273 e. The van der Waals surface area contributed by atoms with E-state index in [1.165, 1.54) is 12.1 Å². The molecule has 0 spiro atoms. The number of allylic oxidation sites excluding steroid dienone is 1. The zero-order valence-corrected chi connectivity index (χ0v) is 16.1. The number of hydrogen-bond acceptors (Lipinski definition) is 2. The van der Waals surface area contributed by atoms with Crippen LogP contribution < -0.4 is 0 Å². The molecule has 0 unspecified atom stereocenters. The van der Waals surface area contributed by atoms with Crippen LogP contribution in [-0.4, -0.2) is 15.0 Å². The van der Waals surface area contributed by atoms with Crippen LogP contribution in [0, 0.1) is 5.82 Å². The molecule has 3 aromatic rings. The Morgan fingerprint density at radius 2 is 1.85 bits per heavy atom. The second-order valence-corrected chi connectivity index (χ2v) is 7.37. The standard InChI is InChI=1S/C20H12Cl3FN2O/c21-13-4-8-17(16(22)10-13)26-19-12(9-11-1-5-14(24)6-2-11)3-7-15(19)18(25-26)20(23)27/h1-2,4-6,8-10H,3,7H2. The number of nitrogens with zero attached hydrogens (tertiary/aromatic N) is 2. The number of hydrogen-bond donors (Lipinski definition) is 0. The number of benzene rings is 2. The third-order valence-corrected chi connectivity index (χ3v) is 5.18. The fourth-order valence-electron chi connectivity index (χ4n) is 3.28. The molecule has 0 amide bonds. The molecule has 0 N–H and O–H groups in total. The van der Waals surface area contributed by atoms with Crippen LogP contribution in [-0.2, 0) is 6.42 Å². The van der Waals surface area contributed by atoms with Gasteiger partial charge in [-0.25, -0.2) is 9.07 Å². The van der Waals surface area contributed by atoms with Crippen molar-refractivity contribution in [1.29, 1.82) is 0 Å².